The zero-order valence-corrected chi connectivity index (χ0v) is 17.5. The first-order valence-corrected chi connectivity index (χ1v) is 9.96. The molecular weight excluding hydrogens is 370 g/mol. The molecule has 0 unspecified atom stereocenters. The molecule has 3 rings (SSSR count). The van der Waals surface area contributed by atoms with E-state index < -0.39 is 5.60 Å². The van der Waals surface area contributed by atoms with E-state index in [9.17, 15) is 9.59 Å². The lowest BCUT2D eigenvalue weighted by Crippen LogP contribution is -2.42. The molecule has 7 heteroatoms. The van der Waals surface area contributed by atoms with E-state index in [0.29, 0.717) is 25.3 Å². The van der Waals surface area contributed by atoms with Gasteiger partial charge in [0, 0.05) is 31.1 Å². The van der Waals surface area contributed by atoms with Gasteiger partial charge in [0.2, 0.25) is 5.91 Å². The summed E-state index contributed by atoms with van der Waals surface area (Å²) in [6, 6.07) is 7.40. The van der Waals surface area contributed by atoms with Gasteiger partial charge in [0.15, 0.2) is 0 Å². The Kier molecular flexibility index (Phi) is 6.25. The van der Waals surface area contributed by atoms with Crippen LogP contribution in [0.25, 0.3) is 10.9 Å². The van der Waals surface area contributed by atoms with E-state index in [-0.39, 0.29) is 17.9 Å². The number of nitrogens with one attached hydrogen (secondary N) is 1. The summed E-state index contributed by atoms with van der Waals surface area (Å²) in [6.07, 6.45) is 3.43. The molecule has 0 aliphatic carbocycles. The van der Waals surface area contributed by atoms with Crippen molar-refractivity contribution < 1.29 is 19.1 Å². The maximum atomic E-state index is 12.6. The van der Waals surface area contributed by atoms with Crippen LogP contribution < -0.4 is 10.1 Å². The zero-order valence-electron chi connectivity index (χ0n) is 17.5. The number of anilines is 1. The van der Waals surface area contributed by atoms with E-state index in [4.69, 9.17) is 9.47 Å². The van der Waals surface area contributed by atoms with Crippen LogP contribution in [0.2, 0.25) is 0 Å². The predicted molar refractivity (Wildman–Crippen MR) is 112 cm³/mol. The van der Waals surface area contributed by atoms with E-state index in [1.54, 1.807) is 18.2 Å². The quantitative estimate of drug-likeness (QED) is 0.833. The number of aromatic nitrogens is 1. The summed E-state index contributed by atoms with van der Waals surface area (Å²) in [5.41, 5.74) is 0.952. The molecular formula is C22H29N3O4. The standard InChI is InChI=1S/C22H29N3O4/c1-22(2,3)29-21(27)25-12-9-15(10-13-25)14-19(26)24-17-7-8-18(28-4)20-16(17)6-5-11-23-20/h5-8,11,15H,9-10,12-14H2,1-4H3,(H,24,26). The van der Waals surface area contributed by atoms with Gasteiger partial charge in [-0.15, -0.1) is 0 Å². The summed E-state index contributed by atoms with van der Waals surface area (Å²) in [4.78, 5) is 30.9. The first-order chi connectivity index (χ1) is 13.8. The lowest BCUT2D eigenvalue weighted by Gasteiger charge is -2.33. The lowest BCUT2D eigenvalue weighted by atomic mass is 9.93. The molecule has 0 saturated carbocycles. The molecule has 1 aromatic heterocycles. The van der Waals surface area contributed by atoms with Gasteiger partial charge >= 0.3 is 6.09 Å². The van der Waals surface area contributed by atoms with Crippen molar-refractivity contribution in [3.8, 4) is 5.75 Å². The second kappa shape index (κ2) is 8.68. The lowest BCUT2D eigenvalue weighted by molar-refractivity contribution is -0.117. The number of carbonyl (C=O) groups is 2. The molecule has 1 aliphatic heterocycles. The van der Waals surface area contributed by atoms with Crippen LogP contribution in [0.3, 0.4) is 0 Å². The van der Waals surface area contributed by atoms with Crippen molar-refractivity contribution >= 4 is 28.6 Å². The molecule has 156 valence electrons. The second-order valence-electron chi connectivity index (χ2n) is 8.38. The van der Waals surface area contributed by atoms with E-state index in [1.807, 2.05) is 45.0 Å². The largest absolute Gasteiger partial charge is 0.494 e. The molecule has 29 heavy (non-hydrogen) atoms. The molecule has 1 aromatic carbocycles. The van der Waals surface area contributed by atoms with E-state index in [1.165, 1.54) is 0 Å². The molecule has 0 radical (unpaired) electrons. The minimum Gasteiger partial charge on any atom is -0.494 e. The SMILES string of the molecule is COc1ccc(NC(=O)CC2CCN(C(=O)OC(C)(C)C)CC2)c2cccnc12. The molecule has 1 fully saturated rings. The van der Waals surface area contributed by atoms with Gasteiger partial charge in [-0.05, 0) is 63.8 Å². The maximum Gasteiger partial charge on any atom is 0.410 e. The average Bonchev–Trinajstić information content (AvgIpc) is 2.67. The molecule has 1 saturated heterocycles. The third-order valence-electron chi connectivity index (χ3n) is 4.97. The summed E-state index contributed by atoms with van der Waals surface area (Å²) in [6.45, 7) is 6.81. The van der Waals surface area contributed by atoms with Gasteiger partial charge in [-0.3, -0.25) is 9.78 Å². The number of nitrogens with zero attached hydrogens (tertiary/aromatic N) is 2. The summed E-state index contributed by atoms with van der Waals surface area (Å²) in [5.74, 6) is 0.889. The highest BCUT2D eigenvalue weighted by Gasteiger charge is 2.27. The average molecular weight is 399 g/mol. The van der Waals surface area contributed by atoms with Crippen molar-refractivity contribution in [2.75, 3.05) is 25.5 Å². The number of carbonyl (C=O) groups excluding carboxylic acids is 2. The number of methoxy groups -OCH3 is 1. The van der Waals surface area contributed by atoms with Crippen LogP contribution in [0.15, 0.2) is 30.5 Å². The number of amides is 2. The van der Waals surface area contributed by atoms with Gasteiger partial charge in [0.1, 0.15) is 16.9 Å². The van der Waals surface area contributed by atoms with Crippen molar-refractivity contribution in [2.24, 2.45) is 5.92 Å². The summed E-state index contributed by atoms with van der Waals surface area (Å²) in [7, 11) is 1.60. The monoisotopic (exact) mass is 399 g/mol. The van der Waals surface area contributed by atoms with Crippen LogP contribution in [0.4, 0.5) is 10.5 Å². The zero-order chi connectivity index (χ0) is 21.0. The number of hydrogen-bond acceptors (Lipinski definition) is 5. The number of pyridine rings is 1. The molecule has 1 aliphatic rings. The predicted octanol–water partition coefficient (Wildman–Crippen LogP) is 4.22. The van der Waals surface area contributed by atoms with E-state index in [2.05, 4.69) is 10.3 Å². The molecule has 0 spiro atoms. The molecule has 1 N–H and O–H groups in total. The fraction of sp³-hybridized carbons (Fsp3) is 0.500. The van der Waals surface area contributed by atoms with E-state index in [0.717, 1.165) is 29.4 Å². The van der Waals surface area contributed by atoms with E-state index >= 15 is 0 Å². The summed E-state index contributed by atoms with van der Waals surface area (Å²) in [5, 5.41) is 3.86. The molecule has 0 bridgehead atoms. The minimum absolute atomic E-state index is 0.0314. The second-order valence-corrected chi connectivity index (χ2v) is 8.38. The summed E-state index contributed by atoms with van der Waals surface area (Å²) >= 11 is 0. The third-order valence-corrected chi connectivity index (χ3v) is 4.97. The van der Waals surface area contributed by atoms with Crippen molar-refractivity contribution in [3.63, 3.8) is 0 Å². The van der Waals surface area contributed by atoms with Crippen molar-refractivity contribution in [1.82, 2.24) is 9.88 Å². The molecule has 7 nitrogen and oxygen atoms in total. The summed E-state index contributed by atoms with van der Waals surface area (Å²) < 4.78 is 10.8. The highest BCUT2D eigenvalue weighted by Crippen LogP contribution is 2.30. The number of likely N-dealkylation sites (tertiary alicyclic amines) is 1. The fourth-order valence-corrected chi connectivity index (χ4v) is 3.53. The highest BCUT2D eigenvalue weighted by atomic mass is 16.6. The topological polar surface area (TPSA) is 80.8 Å². The fourth-order valence-electron chi connectivity index (χ4n) is 3.53. The molecule has 2 amide bonds. The van der Waals surface area contributed by atoms with Gasteiger partial charge in [-0.2, -0.15) is 0 Å². The Hall–Kier alpha value is -2.83. The smallest absolute Gasteiger partial charge is 0.410 e. The Morgan fingerprint density at radius 3 is 2.59 bits per heavy atom. The van der Waals surface area contributed by atoms with Gasteiger partial charge < -0.3 is 19.7 Å². The van der Waals surface area contributed by atoms with Crippen LogP contribution in [0.5, 0.6) is 5.75 Å². The van der Waals surface area contributed by atoms with Crippen LogP contribution in [-0.2, 0) is 9.53 Å². The molecule has 0 atom stereocenters. The van der Waals surface area contributed by atoms with Crippen LogP contribution in [-0.4, -0.2) is 47.7 Å². The highest BCUT2D eigenvalue weighted by molar-refractivity contribution is 6.02. The van der Waals surface area contributed by atoms with Gasteiger partial charge in [0.25, 0.3) is 0 Å². The number of fused-ring (bicyclic) bond motifs is 1. The number of rotatable bonds is 4. The number of piperidine rings is 1. The minimum atomic E-state index is -0.496. The maximum absolute atomic E-state index is 12.6. The van der Waals surface area contributed by atoms with Crippen molar-refractivity contribution in [1.29, 1.82) is 0 Å². The Morgan fingerprint density at radius 2 is 1.93 bits per heavy atom. The third kappa shape index (κ3) is 5.37. The van der Waals surface area contributed by atoms with Crippen molar-refractivity contribution in [3.05, 3.63) is 30.5 Å². The first-order valence-electron chi connectivity index (χ1n) is 9.96. The Bertz CT molecular complexity index is 883. The van der Waals surface area contributed by atoms with Crippen LogP contribution in [0, 0.1) is 5.92 Å². The Labute approximate surface area is 171 Å². The Balaban J connectivity index is 1.56. The molecule has 2 heterocycles. The first kappa shape index (κ1) is 20.9. The Morgan fingerprint density at radius 1 is 1.21 bits per heavy atom. The normalized spacial score (nSPS) is 15.2. The van der Waals surface area contributed by atoms with Crippen LogP contribution >= 0.6 is 0 Å². The van der Waals surface area contributed by atoms with Crippen molar-refractivity contribution in [2.45, 2.75) is 45.6 Å². The number of benzene rings is 1. The number of hydrogen-bond donors (Lipinski definition) is 1. The molecule has 2 aromatic rings. The van der Waals surface area contributed by atoms with Gasteiger partial charge in [-0.1, -0.05) is 0 Å². The van der Waals surface area contributed by atoms with Gasteiger partial charge in [0.05, 0.1) is 12.8 Å². The van der Waals surface area contributed by atoms with Crippen LogP contribution in [0.1, 0.15) is 40.0 Å². The number of ether oxygens (including phenoxy) is 2. The van der Waals surface area contributed by atoms with Gasteiger partial charge in [-0.25, -0.2) is 4.79 Å².